The minimum Gasteiger partial charge on any atom is -0.478 e. The fourth-order valence-corrected chi connectivity index (χ4v) is 3.62. The molecule has 2 rings (SSSR count). The second kappa shape index (κ2) is 5.43. The number of hydrogen-bond donors (Lipinski definition) is 1. The molecule has 0 radical (unpaired) electrons. The van der Waals surface area contributed by atoms with Crippen LogP contribution in [0, 0.1) is 5.82 Å². The lowest BCUT2D eigenvalue weighted by molar-refractivity contribution is 0.0695. The van der Waals surface area contributed by atoms with Gasteiger partial charge in [-0.2, -0.15) is 4.37 Å². The van der Waals surface area contributed by atoms with Crippen LogP contribution in [0.3, 0.4) is 0 Å². The van der Waals surface area contributed by atoms with Crippen LogP contribution in [-0.2, 0) is 0 Å². The first-order valence-electron chi connectivity index (χ1n) is 4.37. The summed E-state index contributed by atoms with van der Waals surface area (Å²) >= 11 is 8.86. The summed E-state index contributed by atoms with van der Waals surface area (Å²) < 4.78 is 17.7. The Kier molecular flexibility index (Phi) is 4.10. The molecule has 0 spiro atoms. The van der Waals surface area contributed by atoms with Gasteiger partial charge in [0.15, 0.2) is 9.82 Å². The summed E-state index contributed by atoms with van der Waals surface area (Å²) in [7, 11) is 2.36. The molecule has 2 aromatic rings. The molecule has 1 heterocycles. The van der Waals surface area contributed by atoms with Crippen LogP contribution in [0.5, 0.6) is 0 Å². The van der Waals surface area contributed by atoms with Crippen molar-refractivity contribution in [1.82, 2.24) is 4.37 Å². The predicted octanol–water partition coefficient (Wildman–Crippen LogP) is 3.69. The Morgan fingerprint density at radius 1 is 1.56 bits per heavy atom. The van der Waals surface area contributed by atoms with Gasteiger partial charge >= 0.3 is 5.97 Å². The summed E-state index contributed by atoms with van der Waals surface area (Å²) in [5, 5.41) is 9.13. The standard InChI is InChI=1S/C9H3BrClFN2O2S2/c10-6-4(9(15)16)1-3(12)2-5(6)13-8-7(11)14-18-17-8/h1-2H,(H,15,16)/b13-8-. The molecule has 9 heteroatoms. The highest BCUT2D eigenvalue weighted by atomic mass is 79.9. The number of carboxylic acid groups (broad SMARTS) is 1. The highest BCUT2D eigenvalue weighted by molar-refractivity contribution is 9.10. The average molecular weight is 370 g/mol. The molecule has 0 fully saturated rings. The van der Waals surface area contributed by atoms with E-state index in [-0.39, 0.29) is 20.9 Å². The van der Waals surface area contributed by atoms with Crippen LogP contribution >= 0.6 is 48.4 Å². The van der Waals surface area contributed by atoms with Gasteiger partial charge in [-0.25, -0.2) is 14.2 Å². The van der Waals surface area contributed by atoms with E-state index in [0.717, 1.165) is 22.7 Å². The monoisotopic (exact) mass is 368 g/mol. The zero-order valence-corrected chi connectivity index (χ0v) is 12.3. The number of benzene rings is 1. The highest BCUT2D eigenvalue weighted by Crippen LogP contribution is 2.30. The predicted molar refractivity (Wildman–Crippen MR) is 71.3 cm³/mol. The fourth-order valence-electron chi connectivity index (χ4n) is 1.15. The maximum Gasteiger partial charge on any atom is 0.337 e. The number of nitrogens with zero attached hydrogens (tertiary/aromatic N) is 2. The van der Waals surface area contributed by atoms with Crippen LogP contribution in [0.4, 0.5) is 10.1 Å². The number of rotatable bonds is 2. The normalized spacial score (nSPS) is 11.8. The van der Waals surface area contributed by atoms with E-state index in [0.29, 0.717) is 4.67 Å². The topological polar surface area (TPSA) is 62.5 Å². The quantitative estimate of drug-likeness (QED) is 0.821. The number of aromatic nitrogens is 1. The zero-order chi connectivity index (χ0) is 13.3. The van der Waals surface area contributed by atoms with E-state index in [1.54, 1.807) is 0 Å². The highest BCUT2D eigenvalue weighted by Gasteiger charge is 2.14. The van der Waals surface area contributed by atoms with E-state index in [1.807, 2.05) is 0 Å². The Labute approximate surface area is 121 Å². The second-order valence-electron chi connectivity index (χ2n) is 3.05. The fraction of sp³-hybridized carbons (Fsp3) is 0. The Morgan fingerprint density at radius 2 is 2.28 bits per heavy atom. The molecule has 94 valence electrons. The Balaban J connectivity index is 2.66. The number of hydrogen-bond acceptors (Lipinski definition) is 5. The van der Waals surface area contributed by atoms with Gasteiger partial charge in [0.1, 0.15) is 5.82 Å². The van der Waals surface area contributed by atoms with Crippen molar-refractivity contribution in [3.8, 4) is 0 Å². The number of carboxylic acids is 1. The zero-order valence-electron chi connectivity index (χ0n) is 8.35. The third-order valence-electron chi connectivity index (χ3n) is 1.88. The van der Waals surface area contributed by atoms with Crippen LogP contribution in [0.2, 0.25) is 5.15 Å². The van der Waals surface area contributed by atoms with E-state index in [1.165, 1.54) is 10.3 Å². The van der Waals surface area contributed by atoms with Gasteiger partial charge in [-0.15, -0.1) is 0 Å². The molecule has 0 aliphatic carbocycles. The Hall–Kier alpha value is -0.830. The van der Waals surface area contributed by atoms with Crippen LogP contribution in [0.25, 0.3) is 0 Å². The van der Waals surface area contributed by atoms with Crippen molar-refractivity contribution in [2.45, 2.75) is 0 Å². The molecule has 4 nitrogen and oxygen atoms in total. The Bertz CT molecular complexity index is 685. The third-order valence-corrected chi connectivity index (χ3v) is 4.88. The van der Waals surface area contributed by atoms with Gasteiger partial charge in [-0.1, -0.05) is 11.6 Å². The van der Waals surface area contributed by atoms with Crippen LogP contribution in [0.1, 0.15) is 10.4 Å². The summed E-state index contributed by atoms with van der Waals surface area (Å²) in [6.45, 7) is 0. The lowest BCUT2D eigenvalue weighted by atomic mass is 10.2. The van der Waals surface area contributed by atoms with Crippen LogP contribution in [-0.4, -0.2) is 15.4 Å². The molecule has 1 aromatic heterocycles. The smallest absolute Gasteiger partial charge is 0.337 e. The molecule has 0 amide bonds. The number of carbonyl (C=O) groups is 1. The van der Waals surface area contributed by atoms with E-state index in [2.05, 4.69) is 25.3 Å². The maximum atomic E-state index is 13.3. The number of halogens is 3. The molecule has 18 heavy (non-hydrogen) atoms. The molecule has 0 saturated carbocycles. The minimum absolute atomic E-state index is 0.158. The average Bonchev–Trinajstić information content (AvgIpc) is 2.69. The van der Waals surface area contributed by atoms with Gasteiger partial charge in [0.2, 0.25) is 0 Å². The molecule has 0 unspecified atom stereocenters. The molecule has 1 N–H and O–H groups in total. The second-order valence-corrected chi connectivity index (χ2v) is 6.03. The molecule has 1 aromatic carbocycles. The summed E-state index contributed by atoms with van der Waals surface area (Å²) in [6.07, 6.45) is 0. The van der Waals surface area contributed by atoms with Gasteiger partial charge in [-0.3, -0.25) is 0 Å². The maximum absolute atomic E-state index is 13.3. The molecular weight excluding hydrogens is 367 g/mol. The van der Waals surface area contributed by atoms with Gasteiger partial charge in [-0.05, 0) is 32.3 Å². The largest absolute Gasteiger partial charge is 0.478 e. The van der Waals surface area contributed by atoms with Crippen molar-refractivity contribution >= 4 is 60.1 Å². The van der Waals surface area contributed by atoms with Gasteiger partial charge in [0.25, 0.3) is 0 Å². The van der Waals surface area contributed by atoms with Crippen molar-refractivity contribution in [2.75, 3.05) is 0 Å². The van der Waals surface area contributed by atoms with Crippen molar-refractivity contribution < 1.29 is 14.3 Å². The van der Waals surface area contributed by atoms with Gasteiger partial charge in [0.05, 0.1) is 15.7 Å². The molecule has 0 aliphatic heterocycles. The first kappa shape index (κ1) is 13.6. The minimum atomic E-state index is -1.24. The first-order valence-corrected chi connectivity index (χ1v) is 7.65. The van der Waals surface area contributed by atoms with E-state index >= 15 is 0 Å². The van der Waals surface area contributed by atoms with Crippen molar-refractivity contribution in [2.24, 2.45) is 4.99 Å². The van der Waals surface area contributed by atoms with Gasteiger partial charge in [0, 0.05) is 16.6 Å². The number of aromatic carboxylic acids is 1. The SMILES string of the molecule is O=C(O)c1cc(F)cc(/N=c2\ssnc2Cl)c1Br. The third kappa shape index (κ3) is 2.77. The van der Waals surface area contributed by atoms with Crippen molar-refractivity contribution in [3.63, 3.8) is 0 Å². The molecule has 0 saturated heterocycles. The lowest BCUT2D eigenvalue weighted by Gasteiger charge is -2.02. The molecular formula is C9H3BrClFN2O2S2. The van der Waals surface area contributed by atoms with Gasteiger partial charge < -0.3 is 5.11 Å². The van der Waals surface area contributed by atoms with E-state index < -0.39 is 11.8 Å². The van der Waals surface area contributed by atoms with Crippen LogP contribution in [0.15, 0.2) is 21.6 Å². The van der Waals surface area contributed by atoms with Crippen molar-refractivity contribution in [3.05, 3.63) is 37.8 Å². The summed E-state index contributed by atoms with van der Waals surface area (Å²) in [4.78, 5) is 15.0. The van der Waals surface area contributed by atoms with Crippen LogP contribution < -0.4 is 4.67 Å². The molecule has 0 aliphatic rings. The summed E-state index contributed by atoms with van der Waals surface area (Å²) in [5.74, 6) is -1.92. The molecule has 0 bridgehead atoms. The van der Waals surface area contributed by atoms with E-state index in [9.17, 15) is 9.18 Å². The Morgan fingerprint density at radius 3 is 2.83 bits per heavy atom. The van der Waals surface area contributed by atoms with E-state index in [4.69, 9.17) is 16.7 Å². The lowest BCUT2D eigenvalue weighted by Crippen LogP contribution is -2.00. The summed E-state index contributed by atoms with van der Waals surface area (Å²) in [6, 6.07) is 2.04. The first-order chi connectivity index (χ1) is 8.49. The van der Waals surface area contributed by atoms with Crippen molar-refractivity contribution in [1.29, 1.82) is 0 Å². The summed E-state index contributed by atoms with van der Waals surface area (Å²) in [5.41, 5.74) is -0.0381. The molecule has 0 atom stereocenters.